The molecule has 0 radical (unpaired) electrons. The maximum atomic E-state index is 14.0. The van der Waals surface area contributed by atoms with E-state index in [4.69, 9.17) is 0 Å². The van der Waals surface area contributed by atoms with E-state index in [2.05, 4.69) is 4.98 Å². The third kappa shape index (κ3) is 5.10. The predicted molar refractivity (Wildman–Crippen MR) is 143 cm³/mol. The zero-order valence-electron chi connectivity index (χ0n) is 20.2. The molecular weight excluding hydrogens is 446 g/mol. The van der Waals surface area contributed by atoms with Crippen molar-refractivity contribution in [1.29, 1.82) is 0 Å². The van der Waals surface area contributed by atoms with Gasteiger partial charge in [0.1, 0.15) is 11.2 Å². The van der Waals surface area contributed by atoms with Gasteiger partial charge in [-0.2, -0.15) is 0 Å². The van der Waals surface area contributed by atoms with Crippen LogP contribution >= 0.6 is 0 Å². The van der Waals surface area contributed by atoms with Crippen LogP contribution < -0.4 is 5.56 Å². The molecule has 0 saturated carbocycles. The Kier molecular flexibility index (Phi) is 6.72. The van der Waals surface area contributed by atoms with Gasteiger partial charge in [-0.05, 0) is 41.8 Å². The highest BCUT2D eigenvalue weighted by atomic mass is 16.2. The highest BCUT2D eigenvalue weighted by Gasteiger charge is 2.22. The number of nitrogens with zero attached hydrogens (tertiary/aromatic N) is 3. The number of hydrogen-bond donors (Lipinski definition) is 0. The molecule has 2 aromatic heterocycles. The van der Waals surface area contributed by atoms with Crippen molar-refractivity contribution < 1.29 is 4.79 Å². The molecule has 5 aromatic rings. The lowest BCUT2D eigenvalue weighted by atomic mass is 10.1. The topological polar surface area (TPSA) is 55.2 Å². The van der Waals surface area contributed by atoms with Crippen molar-refractivity contribution in [2.24, 2.45) is 0 Å². The van der Waals surface area contributed by atoms with Gasteiger partial charge in [0.05, 0.1) is 6.54 Å². The Hall–Kier alpha value is -4.51. The van der Waals surface area contributed by atoms with Gasteiger partial charge in [-0.1, -0.05) is 90.5 Å². The molecule has 0 bridgehead atoms. The van der Waals surface area contributed by atoms with Gasteiger partial charge in [0.25, 0.3) is 11.5 Å². The summed E-state index contributed by atoms with van der Waals surface area (Å²) in [5.41, 5.74) is 4.51. The molecule has 0 atom stereocenters. The van der Waals surface area contributed by atoms with Crippen LogP contribution in [0, 0.1) is 6.92 Å². The van der Waals surface area contributed by atoms with Gasteiger partial charge in [0, 0.05) is 24.7 Å². The minimum Gasteiger partial charge on any atom is -0.330 e. The average molecular weight is 474 g/mol. The highest BCUT2D eigenvalue weighted by molar-refractivity contribution is 5.97. The number of amides is 1. The molecule has 0 unspecified atom stereocenters. The summed E-state index contributed by atoms with van der Waals surface area (Å²) in [6.45, 7) is 3.17. The van der Waals surface area contributed by atoms with Crippen molar-refractivity contribution in [2.45, 2.75) is 26.6 Å². The third-order valence-electron chi connectivity index (χ3n) is 6.26. The summed E-state index contributed by atoms with van der Waals surface area (Å²) in [4.78, 5) is 34.0. The smallest absolute Gasteiger partial charge is 0.265 e. The van der Waals surface area contributed by atoms with Crippen molar-refractivity contribution in [3.8, 4) is 0 Å². The molecule has 0 saturated heterocycles. The van der Waals surface area contributed by atoms with Crippen LogP contribution in [0.4, 0.5) is 0 Å². The van der Waals surface area contributed by atoms with Crippen LogP contribution in [-0.2, 0) is 19.6 Å². The minimum absolute atomic E-state index is 0.148. The molecule has 0 spiro atoms. The summed E-state index contributed by atoms with van der Waals surface area (Å²) in [5, 5.41) is 0.756. The number of aromatic nitrogens is 2. The lowest BCUT2D eigenvalue weighted by Gasteiger charge is -2.24. The molecule has 5 nitrogen and oxygen atoms in total. The van der Waals surface area contributed by atoms with E-state index in [-0.39, 0.29) is 17.0 Å². The molecule has 2 heterocycles. The largest absolute Gasteiger partial charge is 0.330 e. The van der Waals surface area contributed by atoms with Crippen LogP contribution in [0.25, 0.3) is 11.0 Å². The zero-order chi connectivity index (χ0) is 24.9. The van der Waals surface area contributed by atoms with Gasteiger partial charge in [-0.25, -0.2) is 4.98 Å². The van der Waals surface area contributed by atoms with Crippen LogP contribution in [0.5, 0.6) is 0 Å². The Morgan fingerprint density at radius 1 is 0.778 bits per heavy atom. The summed E-state index contributed by atoms with van der Waals surface area (Å²) < 4.78 is 1.61. The van der Waals surface area contributed by atoms with Gasteiger partial charge in [0.15, 0.2) is 0 Å². The van der Waals surface area contributed by atoms with E-state index >= 15 is 0 Å². The Morgan fingerprint density at radius 2 is 1.39 bits per heavy atom. The maximum absolute atomic E-state index is 14.0. The van der Waals surface area contributed by atoms with E-state index in [0.29, 0.717) is 25.3 Å². The monoisotopic (exact) mass is 473 g/mol. The van der Waals surface area contributed by atoms with E-state index < -0.39 is 0 Å². The van der Waals surface area contributed by atoms with Gasteiger partial charge < -0.3 is 4.90 Å². The normalized spacial score (nSPS) is 10.9. The lowest BCUT2D eigenvalue weighted by Crippen LogP contribution is -2.36. The van der Waals surface area contributed by atoms with E-state index in [1.54, 1.807) is 21.7 Å². The van der Waals surface area contributed by atoms with Crippen LogP contribution in [0.15, 0.2) is 114 Å². The van der Waals surface area contributed by atoms with E-state index in [0.717, 1.165) is 27.6 Å². The van der Waals surface area contributed by atoms with Gasteiger partial charge >= 0.3 is 0 Å². The summed E-state index contributed by atoms with van der Waals surface area (Å²) in [6.07, 6.45) is 1.67. The van der Waals surface area contributed by atoms with Crippen molar-refractivity contribution in [3.63, 3.8) is 0 Å². The van der Waals surface area contributed by atoms with Crippen molar-refractivity contribution >= 4 is 16.9 Å². The van der Waals surface area contributed by atoms with Gasteiger partial charge in [-0.3, -0.25) is 14.2 Å². The number of carbonyl (C=O) groups excluding carboxylic acids is 1. The van der Waals surface area contributed by atoms with Crippen molar-refractivity contribution in [1.82, 2.24) is 14.5 Å². The van der Waals surface area contributed by atoms with Gasteiger partial charge in [0.2, 0.25) is 0 Å². The summed E-state index contributed by atoms with van der Waals surface area (Å²) in [6, 6.07) is 33.1. The van der Waals surface area contributed by atoms with Crippen LogP contribution in [0.2, 0.25) is 0 Å². The number of fused-ring (bicyclic) bond motifs is 1. The summed E-state index contributed by atoms with van der Waals surface area (Å²) in [7, 11) is 0. The quantitative estimate of drug-likeness (QED) is 0.309. The predicted octanol–water partition coefficient (Wildman–Crippen LogP) is 5.60. The Morgan fingerprint density at radius 3 is 2.00 bits per heavy atom. The number of benzene rings is 3. The van der Waals surface area contributed by atoms with Crippen LogP contribution in [0.3, 0.4) is 0 Å². The number of aryl methyl sites for hydroxylation is 1. The zero-order valence-corrected chi connectivity index (χ0v) is 20.2. The molecule has 1 amide bonds. The number of carbonyl (C=O) groups is 1. The van der Waals surface area contributed by atoms with E-state index in [9.17, 15) is 9.59 Å². The number of rotatable bonds is 7. The Balaban J connectivity index is 1.58. The minimum atomic E-state index is -0.335. The molecule has 3 aromatic carbocycles. The van der Waals surface area contributed by atoms with Crippen molar-refractivity contribution in [2.75, 3.05) is 0 Å². The maximum Gasteiger partial charge on any atom is 0.265 e. The third-order valence-corrected chi connectivity index (χ3v) is 6.26. The highest BCUT2D eigenvalue weighted by Crippen LogP contribution is 2.17. The molecule has 0 aliphatic rings. The molecular formula is C31H27N3O2. The molecule has 5 rings (SSSR count). The first-order valence-electron chi connectivity index (χ1n) is 12.0. The SMILES string of the molecule is Cc1ccc(Cn2c(=O)c(C(=O)N(Cc3ccccc3)Cc3ccccc3)cc3cccnc32)cc1. The van der Waals surface area contributed by atoms with Crippen molar-refractivity contribution in [3.05, 3.63) is 147 Å². The molecule has 5 heteroatoms. The second kappa shape index (κ2) is 10.4. The molecule has 0 aliphatic carbocycles. The van der Waals surface area contributed by atoms with Crippen LogP contribution in [0.1, 0.15) is 32.6 Å². The number of hydrogen-bond acceptors (Lipinski definition) is 3. The van der Waals surface area contributed by atoms with E-state index in [1.165, 1.54) is 0 Å². The molecule has 0 fully saturated rings. The molecule has 0 N–H and O–H groups in total. The lowest BCUT2D eigenvalue weighted by molar-refractivity contribution is 0.0728. The van der Waals surface area contributed by atoms with Crippen LogP contribution in [-0.4, -0.2) is 20.4 Å². The van der Waals surface area contributed by atoms with E-state index in [1.807, 2.05) is 104 Å². The standard InChI is InChI=1S/C31H27N3O2/c1-23-14-16-26(17-15-23)22-34-29-27(13-8-18-32-29)19-28(31(34)36)30(35)33(20-24-9-4-2-5-10-24)21-25-11-6-3-7-12-25/h2-19H,20-22H2,1H3. The number of pyridine rings is 2. The molecule has 178 valence electrons. The fourth-order valence-corrected chi connectivity index (χ4v) is 4.36. The van der Waals surface area contributed by atoms with Gasteiger partial charge in [-0.15, -0.1) is 0 Å². The average Bonchev–Trinajstić information content (AvgIpc) is 2.91. The fraction of sp³-hybridized carbons (Fsp3) is 0.129. The summed E-state index contributed by atoms with van der Waals surface area (Å²) >= 11 is 0. The molecule has 36 heavy (non-hydrogen) atoms. The Labute approximate surface area is 210 Å². The fourth-order valence-electron chi connectivity index (χ4n) is 4.36. The first kappa shape index (κ1) is 23.2. The first-order chi connectivity index (χ1) is 17.6. The molecule has 0 aliphatic heterocycles. The Bertz CT molecular complexity index is 1500. The second-order valence-corrected chi connectivity index (χ2v) is 8.98. The second-order valence-electron chi connectivity index (χ2n) is 8.98. The summed E-state index contributed by atoms with van der Waals surface area (Å²) in [5.74, 6) is -0.295. The first-order valence-corrected chi connectivity index (χ1v) is 12.0.